The zero-order valence-electron chi connectivity index (χ0n) is 26.2. The monoisotopic (exact) mass is 647 g/mol. The molecule has 4 rings (SSSR count). The van der Waals surface area contributed by atoms with Crippen LogP contribution in [0.5, 0.6) is 5.75 Å². The molecule has 14 heteroatoms. The second-order valence-electron chi connectivity index (χ2n) is 11.2. The Morgan fingerprint density at radius 3 is 2.55 bits per heavy atom. The lowest BCUT2D eigenvalue weighted by molar-refractivity contribution is -0.135. The molecule has 14 nitrogen and oxygen atoms in total. The topological polar surface area (TPSA) is 193 Å². The third kappa shape index (κ3) is 10.7. The van der Waals surface area contributed by atoms with E-state index < -0.39 is 60.2 Å². The van der Waals surface area contributed by atoms with E-state index in [1.165, 1.54) is 13.0 Å². The fraction of sp³-hybridized carbons (Fsp3) is 0.394. The number of para-hydroxylation sites is 1. The summed E-state index contributed by atoms with van der Waals surface area (Å²) in [7, 11) is 0. The molecule has 5 amide bonds. The van der Waals surface area contributed by atoms with Gasteiger partial charge in [0.1, 0.15) is 23.9 Å². The van der Waals surface area contributed by atoms with Crippen LogP contribution in [0.1, 0.15) is 42.1 Å². The van der Waals surface area contributed by atoms with Crippen molar-refractivity contribution in [3.05, 3.63) is 84.4 Å². The number of aromatic nitrogens is 2. The van der Waals surface area contributed by atoms with Crippen LogP contribution in [0.3, 0.4) is 0 Å². The lowest BCUT2D eigenvalue weighted by Gasteiger charge is -2.26. The summed E-state index contributed by atoms with van der Waals surface area (Å²) in [6.45, 7) is 2.55. The normalized spacial score (nSPS) is 20.5. The highest BCUT2D eigenvalue weighted by molar-refractivity contribution is 6.01. The number of nitrogens with zero attached hydrogens (tertiary/aromatic N) is 2. The van der Waals surface area contributed by atoms with Gasteiger partial charge in [-0.15, -0.1) is 0 Å². The summed E-state index contributed by atoms with van der Waals surface area (Å²) in [6, 6.07) is 11.8. The summed E-state index contributed by atoms with van der Waals surface area (Å²) in [5.41, 5.74) is 0.947. The Morgan fingerprint density at radius 1 is 1.04 bits per heavy atom. The molecular formula is C33H41N7O7. The molecule has 0 fully saturated rings. The van der Waals surface area contributed by atoms with Crippen molar-refractivity contribution in [1.29, 1.82) is 0 Å². The molecule has 2 heterocycles. The molecule has 0 aliphatic carbocycles. The van der Waals surface area contributed by atoms with Gasteiger partial charge in [-0.2, -0.15) is 0 Å². The number of hydrogen-bond acceptors (Lipinski definition) is 8. The molecule has 250 valence electrons. The standard InChI is InChI=1S/C33H41N7O7/c1-22(41)29-33(46)38-25(19-23-9-3-2-4-10-23)31(44)36-14-8-18-47-27-12-6-5-11-24(27)30(43)37-26(20-28(42)39-29)32(45)35-13-7-16-40-17-15-34-21-40/h2-6,9-12,15,17,21-22,25-26,29,41H,7-8,13-14,16,18-20H2,1H3,(H,35,45)(H,36,44)(H,37,43)(H,38,46)(H,39,42)/t22-,25+,26+,29+/m1/s1. The predicted molar refractivity (Wildman–Crippen MR) is 171 cm³/mol. The van der Waals surface area contributed by atoms with E-state index in [0.717, 1.165) is 5.56 Å². The molecule has 1 aliphatic rings. The van der Waals surface area contributed by atoms with Crippen LogP contribution in [0.15, 0.2) is 73.3 Å². The molecule has 0 saturated carbocycles. The summed E-state index contributed by atoms with van der Waals surface area (Å²) in [4.78, 5) is 70.5. The van der Waals surface area contributed by atoms with Gasteiger partial charge in [-0.25, -0.2) is 4.98 Å². The lowest BCUT2D eigenvalue weighted by atomic mass is 10.0. The Morgan fingerprint density at radius 2 is 1.81 bits per heavy atom. The zero-order chi connectivity index (χ0) is 33.6. The smallest absolute Gasteiger partial charge is 0.255 e. The van der Waals surface area contributed by atoms with Crippen molar-refractivity contribution in [3.63, 3.8) is 0 Å². The van der Waals surface area contributed by atoms with Crippen LogP contribution in [-0.2, 0) is 32.1 Å². The predicted octanol–water partition coefficient (Wildman–Crippen LogP) is 0.0699. The number of hydrogen-bond donors (Lipinski definition) is 6. The average Bonchev–Trinajstić information content (AvgIpc) is 3.58. The minimum Gasteiger partial charge on any atom is -0.493 e. The summed E-state index contributed by atoms with van der Waals surface area (Å²) in [6.07, 6.45) is 4.33. The van der Waals surface area contributed by atoms with Gasteiger partial charge in [0.05, 0.1) is 31.0 Å². The van der Waals surface area contributed by atoms with Crippen LogP contribution < -0.4 is 31.3 Å². The largest absolute Gasteiger partial charge is 0.493 e. The van der Waals surface area contributed by atoms with E-state index in [1.54, 1.807) is 36.9 Å². The van der Waals surface area contributed by atoms with E-state index in [9.17, 15) is 29.1 Å². The molecule has 4 atom stereocenters. The first kappa shape index (κ1) is 34.6. The zero-order valence-corrected chi connectivity index (χ0v) is 26.2. The minimum absolute atomic E-state index is 0.153. The van der Waals surface area contributed by atoms with Crippen molar-refractivity contribution in [3.8, 4) is 5.75 Å². The second kappa shape index (κ2) is 17.5. The molecule has 3 aromatic rings. The number of ether oxygens (including phenoxy) is 1. The second-order valence-corrected chi connectivity index (χ2v) is 11.2. The molecule has 0 radical (unpaired) electrons. The fourth-order valence-electron chi connectivity index (χ4n) is 4.97. The summed E-state index contributed by atoms with van der Waals surface area (Å²) in [5, 5.41) is 23.8. The van der Waals surface area contributed by atoms with E-state index in [0.29, 0.717) is 19.4 Å². The highest BCUT2D eigenvalue weighted by atomic mass is 16.5. The number of nitrogens with one attached hydrogen (secondary N) is 5. The number of rotatable bonds is 8. The van der Waals surface area contributed by atoms with Gasteiger partial charge < -0.3 is 41.0 Å². The Bertz CT molecular complexity index is 1500. The number of fused-ring (bicyclic) bond motifs is 1. The molecule has 1 aromatic heterocycles. The first-order chi connectivity index (χ1) is 22.7. The van der Waals surface area contributed by atoms with Crippen molar-refractivity contribution >= 4 is 29.5 Å². The highest BCUT2D eigenvalue weighted by Crippen LogP contribution is 2.18. The van der Waals surface area contributed by atoms with E-state index in [1.807, 2.05) is 34.9 Å². The third-order valence-corrected chi connectivity index (χ3v) is 7.47. The first-order valence-electron chi connectivity index (χ1n) is 15.6. The molecule has 1 aliphatic heterocycles. The van der Waals surface area contributed by atoms with Gasteiger partial charge in [-0.1, -0.05) is 42.5 Å². The maximum atomic E-state index is 13.4. The van der Waals surface area contributed by atoms with Crippen molar-refractivity contribution in [2.75, 3.05) is 19.7 Å². The average molecular weight is 648 g/mol. The number of aryl methyl sites for hydroxylation is 1. The summed E-state index contributed by atoms with van der Waals surface area (Å²) >= 11 is 0. The first-order valence-corrected chi connectivity index (χ1v) is 15.6. The fourth-order valence-corrected chi connectivity index (χ4v) is 4.97. The van der Waals surface area contributed by atoms with Crippen LogP contribution in [0.25, 0.3) is 0 Å². The number of carbonyl (C=O) groups is 5. The number of amides is 5. The van der Waals surface area contributed by atoms with Crippen molar-refractivity contribution in [2.45, 2.75) is 63.4 Å². The van der Waals surface area contributed by atoms with Crippen molar-refractivity contribution < 1.29 is 33.8 Å². The Labute approximate surface area is 272 Å². The van der Waals surface area contributed by atoms with Crippen LogP contribution in [0.4, 0.5) is 0 Å². The number of aliphatic hydroxyl groups is 1. The molecule has 47 heavy (non-hydrogen) atoms. The quantitative estimate of drug-likeness (QED) is 0.185. The Hall–Kier alpha value is -5.24. The van der Waals surface area contributed by atoms with Gasteiger partial charge in [-0.3, -0.25) is 24.0 Å². The van der Waals surface area contributed by atoms with Crippen LogP contribution in [0.2, 0.25) is 0 Å². The Kier molecular flexibility index (Phi) is 12.9. The number of benzene rings is 2. The maximum Gasteiger partial charge on any atom is 0.255 e. The van der Waals surface area contributed by atoms with E-state index in [2.05, 4.69) is 31.6 Å². The van der Waals surface area contributed by atoms with Gasteiger partial charge in [-0.05, 0) is 37.5 Å². The van der Waals surface area contributed by atoms with Gasteiger partial charge in [0.2, 0.25) is 23.6 Å². The SMILES string of the molecule is C[C@@H](O)[C@@H]1NC(=O)C[C@@H](C(=O)NCCCn2ccnc2)NC(=O)c2ccccc2OCCCNC(=O)[C@H](Cc2ccccc2)NC1=O. The number of aliphatic hydroxyl groups excluding tert-OH is 1. The van der Waals surface area contributed by atoms with E-state index in [4.69, 9.17) is 4.74 Å². The third-order valence-electron chi connectivity index (χ3n) is 7.47. The molecule has 2 aromatic carbocycles. The number of carbonyl (C=O) groups excluding carboxylic acids is 5. The maximum absolute atomic E-state index is 13.4. The van der Waals surface area contributed by atoms with Crippen LogP contribution in [0, 0.1) is 0 Å². The van der Waals surface area contributed by atoms with Crippen molar-refractivity contribution in [1.82, 2.24) is 36.1 Å². The lowest BCUT2D eigenvalue weighted by Crippen LogP contribution is -2.58. The highest BCUT2D eigenvalue weighted by Gasteiger charge is 2.32. The summed E-state index contributed by atoms with van der Waals surface area (Å²) < 4.78 is 7.70. The molecule has 0 spiro atoms. The van der Waals surface area contributed by atoms with E-state index in [-0.39, 0.29) is 37.4 Å². The molecule has 6 N–H and O–H groups in total. The molecular weight excluding hydrogens is 606 g/mol. The molecule has 0 unspecified atom stereocenters. The van der Waals surface area contributed by atoms with Crippen molar-refractivity contribution in [2.24, 2.45) is 0 Å². The van der Waals surface area contributed by atoms with Gasteiger partial charge in [0.15, 0.2) is 0 Å². The van der Waals surface area contributed by atoms with Crippen LogP contribution in [-0.4, -0.2) is 88.1 Å². The summed E-state index contributed by atoms with van der Waals surface area (Å²) in [5.74, 6) is -3.00. The van der Waals surface area contributed by atoms with Crippen LogP contribution >= 0.6 is 0 Å². The Balaban J connectivity index is 1.55. The van der Waals surface area contributed by atoms with Gasteiger partial charge >= 0.3 is 0 Å². The molecule has 0 bridgehead atoms. The number of imidazole rings is 1. The van der Waals surface area contributed by atoms with E-state index >= 15 is 0 Å². The molecule has 0 saturated heterocycles. The van der Waals surface area contributed by atoms with Gasteiger partial charge in [0.25, 0.3) is 5.91 Å². The van der Waals surface area contributed by atoms with Gasteiger partial charge in [0, 0.05) is 38.4 Å². The minimum atomic E-state index is -1.45.